The maximum Gasteiger partial charge on any atom is 0.264 e. The Morgan fingerprint density at radius 2 is 1.95 bits per heavy atom. The first-order valence-corrected chi connectivity index (χ1v) is 13.0. The summed E-state index contributed by atoms with van der Waals surface area (Å²) >= 11 is 0. The van der Waals surface area contributed by atoms with Gasteiger partial charge in [-0.1, -0.05) is 6.08 Å². The number of hydrogen-bond acceptors (Lipinski definition) is 7. The van der Waals surface area contributed by atoms with E-state index in [9.17, 15) is 18.8 Å². The lowest BCUT2D eigenvalue weighted by Crippen LogP contribution is -2.39. The Balaban J connectivity index is 1.28. The van der Waals surface area contributed by atoms with Crippen LogP contribution in [0.2, 0.25) is 0 Å². The van der Waals surface area contributed by atoms with E-state index in [1.54, 1.807) is 39.9 Å². The number of allylic oxidation sites excluding steroid dienone is 1. The van der Waals surface area contributed by atoms with Gasteiger partial charge in [-0.15, -0.1) is 0 Å². The lowest BCUT2D eigenvalue weighted by molar-refractivity contribution is -0.127. The maximum absolute atomic E-state index is 14.0. The number of nitrogens with zero attached hydrogens (tertiary/aromatic N) is 6. The van der Waals surface area contributed by atoms with Gasteiger partial charge in [-0.3, -0.25) is 4.79 Å². The molecule has 1 saturated carbocycles. The van der Waals surface area contributed by atoms with Crippen LogP contribution in [0.4, 0.5) is 14.6 Å². The molecule has 0 bridgehead atoms. The normalized spacial score (nSPS) is 17.3. The Kier molecular flexibility index (Phi) is 6.59. The zero-order valence-electron chi connectivity index (χ0n) is 21.4. The van der Waals surface area contributed by atoms with E-state index in [0.717, 1.165) is 43.9 Å². The molecule has 9 nitrogen and oxygen atoms in total. The summed E-state index contributed by atoms with van der Waals surface area (Å²) in [4.78, 5) is 23.5. The second kappa shape index (κ2) is 10.4. The molecule has 202 valence electrons. The highest BCUT2D eigenvalue weighted by atomic mass is 19.1. The Morgan fingerprint density at radius 3 is 2.70 bits per heavy atom. The number of nitrogen functional groups attached to an aromatic ring is 1. The van der Waals surface area contributed by atoms with Crippen LogP contribution >= 0.6 is 0 Å². The SMILES string of the molecule is N#C/C(=C\C1CC1)C(=O)N1CCCC1Cn1nc(-c2ccc(Oc3cc(F)ccc3F)cc2)c2c(N)ncnc21. The quantitative estimate of drug-likeness (QED) is 0.258. The van der Waals surface area contributed by atoms with E-state index in [4.69, 9.17) is 15.6 Å². The van der Waals surface area contributed by atoms with Gasteiger partial charge in [-0.2, -0.15) is 10.4 Å². The largest absolute Gasteiger partial charge is 0.454 e. The molecule has 1 saturated heterocycles. The molecule has 0 radical (unpaired) electrons. The summed E-state index contributed by atoms with van der Waals surface area (Å²) in [5.41, 5.74) is 8.21. The number of carbonyl (C=O) groups is 1. The van der Waals surface area contributed by atoms with Crippen LogP contribution in [0.5, 0.6) is 11.5 Å². The van der Waals surface area contributed by atoms with E-state index in [1.807, 2.05) is 0 Å². The third-order valence-electron chi connectivity index (χ3n) is 7.20. The highest BCUT2D eigenvalue weighted by Gasteiger charge is 2.33. The van der Waals surface area contributed by atoms with Crippen molar-refractivity contribution in [2.24, 2.45) is 5.92 Å². The second-order valence-electron chi connectivity index (χ2n) is 10.0. The molecule has 2 fully saturated rings. The summed E-state index contributed by atoms with van der Waals surface area (Å²) in [6.45, 7) is 0.949. The van der Waals surface area contributed by atoms with Gasteiger partial charge in [-0.05, 0) is 68.0 Å². The molecule has 3 heterocycles. The monoisotopic (exact) mass is 541 g/mol. The number of nitrogens with two attached hydrogens (primary N) is 1. The molecule has 2 N–H and O–H groups in total. The molecule has 1 aliphatic heterocycles. The van der Waals surface area contributed by atoms with Gasteiger partial charge in [0.2, 0.25) is 0 Å². The Labute approximate surface area is 228 Å². The first-order chi connectivity index (χ1) is 19.4. The number of likely N-dealkylation sites (tertiary alicyclic amines) is 1. The summed E-state index contributed by atoms with van der Waals surface area (Å²) in [7, 11) is 0. The first-order valence-electron chi connectivity index (χ1n) is 13.0. The number of anilines is 1. The van der Waals surface area contributed by atoms with Crippen molar-refractivity contribution in [3.05, 3.63) is 72.1 Å². The van der Waals surface area contributed by atoms with E-state index in [1.165, 1.54) is 6.33 Å². The van der Waals surface area contributed by atoms with Crippen LogP contribution < -0.4 is 10.5 Å². The van der Waals surface area contributed by atoms with Crippen molar-refractivity contribution in [2.75, 3.05) is 12.3 Å². The van der Waals surface area contributed by atoms with Crippen molar-refractivity contribution in [2.45, 2.75) is 38.3 Å². The summed E-state index contributed by atoms with van der Waals surface area (Å²) in [5.74, 6) is -0.854. The third-order valence-corrected chi connectivity index (χ3v) is 7.20. The standard InChI is InChI=1S/C29H25F2N7O2/c30-20-7-10-23(31)24(13-20)40-22-8-5-18(6-9-22)26-25-27(33)34-16-35-28(25)38(36-26)15-21-2-1-11-37(21)29(39)19(14-32)12-17-3-4-17/h5-10,12-13,16-17,21H,1-4,11,15H2,(H2,33,34,35)/b19-12+. The number of benzene rings is 2. The number of rotatable bonds is 7. The van der Waals surface area contributed by atoms with Crippen LogP contribution in [0.15, 0.2) is 60.4 Å². The van der Waals surface area contributed by atoms with Crippen LogP contribution in [0.25, 0.3) is 22.3 Å². The number of carbonyl (C=O) groups excluding carboxylic acids is 1. The van der Waals surface area contributed by atoms with Gasteiger partial charge in [0.05, 0.1) is 18.0 Å². The summed E-state index contributed by atoms with van der Waals surface area (Å²) in [6, 6.07) is 11.6. The average molecular weight is 542 g/mol. The lowest BCUT2D eigenvalue weighted by Gasteiger charge is -2.24. The number of halogens is 2. The molecular formula is C29H25F2N7O2. The topological polar surface area (TPSA) is 123 Å². The zero-order chi connectivity index (χ0) is 27.8. The number of ether oxygens (including phenoxy) is 1. The minimum atomic E-state index is -0.676. The van der Waals surface area contributed by atoms with Crippen LogP contribution in [0.1, 0.15) is 25.7 Å². The number of nitriles is 1. The molecule has 0 spiro atoms. The molecule has 4 aromatic rings. The van der Waals surface area contributed by atoms with Gasteiger partial charge in [0.15, 0.2) is 17.2 Å². The number of amides is 1. The van der Waals surface area contributed by atoms with Crippen molar-refractivity contribution in [1.82, 2.24) is 24.6 Å². The molecule has 2 aromatic carbocycles. The molecular weight excluding hydrogens is 516 g/mol. The fourth-order valence-electron chi connectivity index (χ4n) is 5.03. The van der Waals surface area contributed by atoms with E-state index in [2.05, 4.69) is 16.0 Å². The molecule has 40 heavy (non-hydrogen) atoms. The maximum atomic E-state index is 14.0. The van der Waals surface area contributed by atoms with Crippen LogP contribution in [0.3, 0.4) is 0 Å². The highest BCUT2D eigenvalue weighted by molar-refractivity contribution is 5.99. The average Bonchev–Trinajstić information content (AvgIpc) is 3.53. The predicted molar refractivity (Wildman–Crippen MR) is 143 cm³/mol. The van der Waals surface area contributed by atoms with Crippen molar-refractivity contribution >= 4 is 22.8 Å². The summed E-state index contributed by atoms with van der Waals surface area (Å²) in [5, 5.41) is 15.0. The van der Waals surface area contributed by atoms with Gasteiger partial charge in [0.25, 0.3) is 5.91 Å². The Hall–Kier alpha value is -4.85. The van der Waals surface area contributed by atoms with Gasteiger partial charge in [0.1, 0.15) is 41.0 Å². The smallest absolute Gasteiger partial charge is 0.264 e. The molecule has 2 aliphatic rings. The van der Waals surface area contributed by atoms with E-state index in [-0.39, 0.29) is 29.1 Å². The van der Waals surface area contributed by atoms with E-state index in [0.29, 0.717) is 47.0 Å². The minimum Gasteiger partial charge on any atom is -0.454 e. The molecule has 1 unspecified atom stereocenters. The fraction of sp³-hybridized carbons (Fsp3) is 0.276. The lowest BCUT2D eigenvalue weighted by atomic mass is 10.1. The molecule has 6 rings (SSSR count). The van der Waals surface area contributed by atoms with Crippen LogP contribution in [0, 0.1) is 28.9 Å². The summed E-state index contributed by atoms with van der Waals surface area (Å²) < 4.78 is 34.8. The Morgan fingerprint density at radius 1 is 1.15 bits per heavy atom. The molecule has 1 atom stereocenters. The van der Waals surface area contributed by atoms with Gasteiger partial charge in [-0.25, -0.2) is 23.4 Å². The first kappa shape index (κ1) is 25.4. The highest BCUT2D eigenvalue weighted by Crippen LogP contribution is 2.34. The summed E-state index contributed by atoms with van der Waals surface area (Å²) in [6.07, 6.45) is 6.79. The van der Waals surface area contributed by atoms with Crippen LogP contribution in [-0.2, 0) is 11.3 Å². The van der Waals surface area contributed by atoms with E-state index < -0.39 is 11.6 Å². The molecule has 2 aromatic heterocycles. The van der Waals surface area contributed by atoms with Gasteiger partial charge >= 0.3 is 0 Å². The number of hydrogen-bond donors (Lipinski definition) is 1. The number of fused-ring (bicyclic) bond motifs is 1. The number of aromatic nitrogens is 4. The minimum absolute atomic E-state index is 0.160. The second-order valence-corrected chi connectivity index (χ2v) is 10.0. The van der Waals surface area contributed by atoms with Crippen LogP contribution in [-0.4, -0.2) is 43.1 Å². The van der Waals surface area contributed by atoms with Crippen molar-refractivity contribution in [3.63, 3.8) is 0 Å². The van der Waals surface area contributed by atoms with Crippen molar-refractivity contribution in [1.29, 1.82) is 5.26 Å². The van der Waals surface area contributed by atoms with Crippen molar-refractivity contribution < 1.29 is 18.3 Å². The van der Waals surface area contributed by atoms with Crippen molar-refractivity contribution in [3.8, 4) is 28.8 Å². The van der Waals surface area contributed by atoms with Gasteiger partial charge < -0.3 is 15.4 Å². The molecule has 11 heteroatoms. The fourth-order valence-corrected chi connectivity index (χ4v) is 5.03. The van der Waals surface area contributed by atoms with Gasteiger partial charge in [0, 0.05) is 18.2 Å². The molecule has 1 amide bonds. The Bertz CT molecular complexity index is 1670. The third kappa shape index (κ3) is 4.96. The zero-order valence-corrected chi connectivity index (χ0v) is 21.4. The predicted octanol–water partition coefficient (Wildman–Crippen LogP) is 5.00. The van der Waals surface area contributed by atoms with E-state index >= 15 is 0 Å². The molecule has 1 aliphatic carbocycles.